The van der Waals surface area contributed by atoms with Gasteiger partial charge in [0, 0.05) is 50.7 Å². The molecule has 0 saturated carbocycles. The number of hydrogen-bond acceptors (Lipinski definition) is 6. The van der Waals surface area contributed by atoms with Crippen LogP contribution in [0.1, 0.15) is 17.7 Å². The van der Waals surface area contributed by atoms with E-state index in [9.17, 15) is 9.59 Å². The van der Waals surface area contributed by atoms with Gasteiger partial charge in [-0.1, -0.05) is 0 Å². The quantitative estimate of drug-likeness (QED) is 0.725. The fourth-order valence-electron chi connectivity index (χ4n) is 3.50. The maximum absolute atomic E-state index is 12.6. The van der Waals surface area contributed by atoms with Crippen LogP contribution in [0, 0.1) is 11.3 Å². The standard InChI is InChI=1S/C21H20N6O2/c22-13-15-3-5-19(24-14-15)26-8-10-27(11-9-26)20(28)6-4-16-12-18-17(21(29)25-16)2-1-7-23-18/h1-3,5,7,12,14H,4,6,8-11H2,(H,25,29). The first-order valence-electron chi connectivity index (χ1n) is 9.50. The lowest BCUT2D eigenvalue weighted by atomic mass is 10.1. The minimum Gasteiger partial charge on any atom is -0.353 e. The van der Waals surface area contributed by atoms with Gasteiger partial charge in [0.2, 0.25) is 5.91 Å². The van der Waals surface area contributed by atoms with E-state index in [-0.39, 0.29) is 11.5 Å². The van der Waals surface area contributed by atoms with Crippen LogP contribution in [0.2, 0.25) is 0 Å². The molecule has 8 heteroatoms. The molecule has 1 aliphatic heterocycles. The monoisotopic (exact) mass is 388 g/mol. The molecule has 146 valence electrons. The molecule has 1 N–H and O–H groups in total. The minimum absolute atomic E-state index is 0.0689. The number of aromatic nitrogens is 3. The van der Waals surface area contributed by atoms with Crippen LogP contribution in [-0.4, -0.2) is 51.9 Å². The van der Waals surface area contributed by atoms with Crippen molar-refractivity contribution in [3.8, 4) is 6.07 Å². The first-order valence-corrected chi connectivity index (χ1v) is 9.50. The Morgan fingerprint density at radius 3 is 2.72 bits per heavy atom. The number of nitrogens with one attached hydrogen (secondary N) is 1. The second-order valence-electron chi connectivity index (χ2n) is 6.94. The number of carbonyl (C=O) groups is 1. The van der Waals surface area contributed by atoms with Crippen molar-refractivity contribution in [1.29, 1.82) is 5.26 Å². The predicted octanol–water partition coefficient (Wildman–Crippen LogP) is 1.47. The van der Waals surface area contributed by atoms with Crippen molar-refractivity contribution < 1.29 is 4.79 Å². The highest BCUT2D eigenvalue weighted by Crippen LogP contribution is 2.15. The van der Waals surface area contributed by atoms with Crippen LogP contribution in [0.25, 0.3) is 10.9 Å². The Morgan fingerprint density at radius 2 is 2.00 bits per heavy atom. The second-order valence-corrected chi connectivity index (χ2v) is 6.94. The average Bonchev–Trinajstić information content (AvgIpc) is 2.78. The lowest BCUT2D eigenvalue weighted by Crippen LogP contribution is -2.49. The number of pyridine rings is 3. The topological polar surface area (TPSA) is 106 Å². The number of hydrogen-bond donors (Lipinski definition) is 1. The summed E-state index contributed by atoms with van der Waals surface area (Å²) in [5, 5.41) is 9.41. The molecule has 0 radical (unpaired) electrons. The molecule has 29 heavy (non-hydrogen) atoms. The number of anilines is 1. The number of piperazine rings is 1. The minimum atomic E-state index is -0.179. The molecule has 0 atom stereocenters. The molecule has 1 amide bonds. The number of nitrogens with zero attached hydrogens (tertiary/aromatic N) is 5. The Morgan fingerprint density at radius 1 is 1.17 bits per heavy atom. The van der Waals surface area contributed by atoms with Gasteiger partial charge in [0.05, 0.1) is 16.5 Å². The highest BCUT2D eigenvalue weighted by molar-refractivity contribution is 5.78. The van der Waals surface area contributed by atoms with Crippen LogP contribution in [0.3, 0.4) is 0 Å². The Balaban J connectivity index is 1.33. The summed E-state index contributed by atoms with van der Waals surface area (Å²) >= 11 is 0. The van der Waals surface area contributed by atoms with Crippen molar-refractivity contribution in [2.45, 2.75) is 12.8 Å². The SMILES string of the molecule is N#Cc1ccc(N2CCN(C(=O)CCc3cc4ncccc4c(=O)[nH]3)CC2)nc1. The molecule has 0 spiro atoms. The fraction of sp³-hybridized carbons (Fsp3) is 0.286. The molecule has 1 aliphatic rings. The van der Waals surface area contributed by atoms with Crippen molar-refractivity contribution >= 4 is 22.6 Å². The molecule has 0 aromatic carbocycles. The molecule has 0 unspecified atom stereocenters. The summed E-state index contributed by atoms with van der Waals surface area (Å²) in [6.07, 6.45) is 4.02. The molecule has 1 fully saturated rings. The van der Waals surface area contributed by atoms with Gasteiger partial charge < -0.3 is 14.8 Å². The Kier molecular flexibility index (Phi) is 5.20. The Hall–Kier alpha value is -3.73. The van der Waals surface area contributed by atoms with Gasteiger partial charge in [-0.2, -0.15) is 5.26 Å². The maximum atomic E-state index is 12.6. The van der Waals surface area contributed by atoms with E-state index in [0.29, 0.717) is 55.5 Å². The number of fused-ring (bicyclic) bond motifs is 1. The van der Waals surface area contributed by atoms with Crippen molar-refractivity contribution in [1.82, 2.24) is 19.9 Å². The molecule has 8 nitrogen and oxygen atoms in total. The lowest BCUT2D eigenvalue weighted by Gasteiger charge is -2.35. The number of H-pyrrole nitrogens is 1. The summed E-state index contributed by atoms with van der Waals surface area (Å²) in [6, 6.07) is 10.9. The summed E-state index contributed by atoms with van der Waals surface area (Å²) in [5.74, 6) is 0.886. The van der Waals surface area contributed by atoms with Gasteiger partial charge in [0.1, 0.15) is 11.9 Å². The highest BCUT2D eigenvalue weighted by Gasteiger charge is 2.21. The van der Waals surface area contributed by atoms with Crippen molar-refractivity contribution in [3.63, 3.8) is 0 Å². The first kappa shape index (κ1) is 18.6. The van der Waals surface area contributed by atoms with Gasteiger partial charge in [0.25, 0.3) is 5.56 Å². The van der Waals surface area contributed by atoms with Gasteiger partial charge >= 0.3 is 0 Å². The van der Waals surface area contributed by atoms with Gasteiger partial charge in [-0.25, -0.2) is 4.98 Å². The number of nitriles is 1. The number of aryl methyl sites for hydroxylation is 1. The lowest BCUT2D eigenvalue weighted by molar-refractivity contribution is -0.131. The van der Waals surface area contributed by atoms with Gasteiger partial charge in [-0.15, -0.1) is 0 Å². The molecular formula is C21H20N6O2. The number of aromatic amines is 1. The molecule has 4 rings (SSSR count). The number of carbonyl (C=O) groups excluding carboxylic acids is 1. The summed E-state index contributed by atoms with van der Waals surface area (Å²) in [5.41, 5.74) is 1.71. The molecule has 4 heterocycles. The average molecular weight is 388 g/mol. The zero-order chi connectivity index (χ0) is 20.2. The third-order valence-corrected chi connectivity index (χ3v) is 5.11. The van der Waals surface area contributed by atoms with E-state index in [1.54, 1.807) is 30.6 Å². The highest BCUT2D eigenvalue weighted by atomic mass is 16.2. The molecule has 1 saturated heterocycles. The summed E-state index contributed by atoms with van der Waals surface area (Å²) < 4.78 is 0. The first-order chi connectivity index (χ1) is 14.1. The molecule has 0 aliphatic carbocycles. The van der Waals surface area contributed by atoms with E-state index in [0.717, 1.165) is 11.5 Å². The van der Waals surface area contributed by atoms with E-state index < -0.39 is 0 Å². The zero-order valence-electron chi connectivity index (χ0n) is 15.8. The van der Waals surface area contributed by atoms with Gasteiger partial charge in [-0.3, -0.25) is 14.6 Å². The smallest absolute Gasteiger partial charge is 0.257 e. The number of rotatable bonds is 4. The van der Waals surface area contributed by atoms with E-state index in [1.807, 2.05) is 17.0 Å². The van der Waals surface area contributed by atoms with E-state index in [2.05, 4.69) is 25.9 Å². The normalized spacial score (nSPS) is 14.0. The Bertz CT molecular complexity index is 1120. The predicted molar refractivity (Wildman–Crippen MR) is 108 cm³/mol. The van der Waals surface area contributed by atoms with Crippen LogP contribution < -0.4 is 10.5 Å². The molecule has 3 aromatic rings. The van der Waals surface area contributed by atoms with Crippen molar-refractivity contribution in [2.75, 3.05) is 31.1 Å². The summed E-state index contributed by atoms with van der Waals surface area (Å²) in [7, 11) is 0. The van der Waals surface area contributed by atoms with E-state index in [4.69, 9.17) is 5.26 Å². The zero-order valence-corrected chi connectivity index (χ0v) is 15.8. The molecular weight excluding hydrogens is 368 g/mol. The second kappa shape index (κ2) is 8.10. The van der Waals surface area contributed by atoms with E-state index in [1.165, 1.54) is 0 Å². The Labute approximate surface area is 167 Å². The molecule has 0 bridgehead atoms. The van der Waals surface area contributed by atoms with Crippen LogP contribution in [-0.2, 0) is 11.2 Å². The third kappa shape index (κ3) is 4.09. The van der Waals surface area contributed by atoms with Crippen molar-refractivity contribution in [2.24, 2.45) is 0 Å². The largest absolute Gasteiger partial charge is 0.353 e. The summed E-state index contributed by atoms with van der Waals surface area (Å²) in [6.45, 7) is 2.63. The summed E-state index contributed by atoms with van der Waals surface area (Å²) in [4.78, 5) is 40.1. The van der Waals surface area contributed by atoms with Crippen LogP contribution in [0.15, 0.2) is 47.5 Å². The fourth-order valence-corrected chi connectivity index (χ4v) is 3.50. The van der Waals surface area contributed by atoms with Crippen molar-refractivity contribution in [3.05, 3.63) is 64.3 Å². The third-order valence-electron chi connectivity index (χ3n) is 5.11. The van der Waals surface area contributed by atoms with E-state index >= 15 is 0 Å². The van der Waals surface area contributed by atoms with Crippen LogP contribution >= 0.6 is 0 Å². The van der Waals surface area contributed by atoms with Crippen LogP contribution in [0.4, 0.5) is 5.82 Å². The van der Waals surface area contributed by atoms with Gasteiger partial charge in [0.15, 0.2) is 0 Å². The maximum Gasteiger partial charge on any atom is 0.257 e. The van der Waals surface area contributed by atoms with Gasteiger partial charge in [-0.05, 0) is 36.8 Å². The molecule has 3 aromatic heterocycles. The van der Waals surface area contributed by atoms with Crippen LogP contribution in [0.5, 0.6) is 0 Å². The number of amides is 1.